The van der Waals surface area contributed by atoms with Crippen molar-refractivity contribution < 1.29 is 28.8 Å². The number of amides is 6. The van der Waals surface area contributed by atoms with Crippen molar-refractivity contribution in [3.8, 4) is 0 Å². The molecule has 0 spiro atoms. The second kappa shape index (κ2) is 25.3. The number of rotatable bonds is 25. The number of primary amides is 1. The molecular formula is C55H75N9O6. The van der Waals surface area contributed by atoms with Crippen molar-refractivity contribution in [2.24, 2.45) is 29.0 Å². The number of carbonyl (C=O) groups excluding carboxylic acids is 6. The van der Waals surface area contributed by atoms with Crippen LogP contribution in [-0.4, -0.2) is 83.2 Å². The van der Waals surface area contributed by atoms with Gasteiger partial charge in [-0.15, -0.1) is 0 Å². The van der Waals surface area contributed by atoms with Gasteiger partial charge in [-0.3, -0.25) is 28.8 Å². The van der Waals surface area contributed by atoms with Gasteiger partial charge in [0.1, 0.15) is 30.2 Å². The monoisotopic (exact) mass is 958 g/mol. The molecule has 0 radical (unpaired) electrons. The molecule has 4 aromatic carbocycles. The van der Waals surface area contributed by atoms with Gasteiger partial charge in [0.2, 0.25) is 35.4 Å². The van der Waals surface area contributed by atoms with Crippen LogP contribution in [0.1, 0.15) is 103 Å². The molecule has 0 aliphatic carbocycles. The topological polar surface area (TPSA) is 256 Å². The lowest BCUT2D eigenvalue weighted by Crippen LogP contribution is -2.60. The highest BCUT2D eigenvalue weighted by Crippen LogP contribution is 2.24. The van der Waals surface area contributed by atoms with Gasteiger partial charge < -0.3 is 48.8 Å². The van der Waals surface area contributed by atoms with E-state index in [-0.39, 0.29) is 42.9 Å². The van der Waals surface area contributed by atoms with Crippen LogP contribution in [0.15, 0.2) is 97.2 Å². The van der Waals surface area contributed by atoms with Gasteiger partial charge in [-0.05, 0) is 88.6 Å². The third-order valence-electron chi connectivity index (χ3n) is 12.6. The van der Waals surface area contributed by atoms with E-state index in [4.69, 9.17) is 17.2 Å². The lowest BCUT2D eigenvalue weighted by molar-refractivity contribution is -0.135. The molecule has 1 aromatic heterocycles. The minimum Gasteiger partial charge on any atom is -0.368 e. The Bertz CT molecular complexity index is 2560. The Morgan fingerprint density at radius 2 is 1.06 bits per heavy atom. The van der Waals surface area contributed by atoms with E-state index in [0.29, 0.717) is 32.2 Å². The first-order valence-corrected chi connectivity index (χ1v) is 24.6. The van der Waals surface area contributed by atoms with Crippen LogP contribution in [0, 0.1) is 11.8 Å². The van der Waals surface area contributed by atoms with Gasteiger partial charge in [0.25, 0.3) is 0 Å². The van der Waals surface area contributed by atoms with Gasteiger partial charge >= 0.3 is 0 Å². The number of unbranched alkanes of at least 4 members (excludes halogenated alkanes) is 1. The molecule has 0 unspecified atom stereocenters. The van der Waals surface area contributed by atoms with Crippen LogP contribution < -0.4 is 43.8 Å². The normalized spacial score (nSPS) is 14.3. The maximum Gasteiger partial charge on any atom is 0.243 e. The van der Waals surface area contributed by atoms with E-state index in [1.54, 1.807) is 6.20 Å². The van der Waals surface area contributed by atoms with Crippen LogP contribution >= 0.6 is 0 Å². The fourth-order valence-corrected chi connectivity index (χ4v) is 8.64. The second-order valence-electron chi connectivity index (χ2n) is 20.4. The van der Waals surface area contributed by atoms with Gasteiger partial charge in [-0.1, -0.05) is 140 Å². The van der Waals surface area contributed by atoms with E-state index in [1.165, 1.54) is 0 Å². The number of nitrogens with one attached hydrogen (secondary N) is 6. The largest absolute Gasteiger partial charge is 0.368 e. The van der Waals surface area contributed by atoms with Gasteiger partial charge in [0, 0.05) is 36.4 Å². The lowest BCUT2D eigenvalue weighted by atomic mass is 9.86. The Kier molecular flexibility index (Phi) is 19.7. The highest BCUT2D eigenvalue weighted by atomic mass is 16.2. The first-order valence-electron chi connectivity index (χ1n) is 24.6. The predicted octanol–water partition coefficient (Wildman–Crippen LogP) is 5.10. The predicted molar refractivity (Wildman–Crippen MR) is 277 cm³/mol. The van der Waals surface area contributed by atoms with E-state index in [2.05, 4.69) is 52.3 Å². The van der Waals surface area contributed by atoms with Crippen molar-refractivity contribution in [3.63, 3.8) is 0 Å². The Balaban J connectivity index is 1.52. The van der Waals surface area contributed by atoms with Crippen molar-refractivity contribution in [2.75, 3.05) is 6.54 Å². The molecule has 1 heterocycles. The number of aromatic nitrogens is 1. The van der Waals surface area contributed by atoms with E-state index in [0.717, 1.165) is 43.9 Å². The molecule has 12 N–H and O–H groups in total. The van der Waals surface area contributed by atoms with E-state index in [9.17, 15) is 24.0 Å². The molecule has 15 nitrogen and oxygen atoms in total. The van der Waals surface area contributed by atoms with Crippen LogP contribution in [0.25, 0.3) is 21.7 Å². The number of para-hydroxylation sites is 1. The second-order valence-corrected chi connectivity index (χ2v) is 20.4. The van der Waals surface area contributed by atoms with Crippen molar-refractivity contribution in [1.29, 1.82) is 0 Å². The molecule has 5 aromatic rings. The first-order chi connectivity index (χ1) is 33.2. The summed E-state index contributed by atoms with van der Waals surface area (Å²) in [6.45, 7) is 14.4. The zero-order valence-electron chi connectivity index (χ0n) is 41.9. The number of H-pyrrole nitrogens is 1. The average molecular weight is 958 g/mol. The Labute approximate surface area is 412 Å². The number of benzene rings is 4. The Morgan fingerprint density at radius 1 is 0.557 bits per heavy atom. The standard InChI is InChI=1S/C55H75N9O6/c1-33(2)27-44(49(58)65)60-51(67)45(28-34(3)4)62-54(70)48(31-38-32-59-43-21-11-10-19-41(38)43)64-52(68)46(29-35-22-24-39(25-23-35)55(5,6)7)63-53(69)47(61-50(66)42(57)20-12-13-26-56)30-37-17-14-16-36-15-8-9-18-40(36)37/h8-11,14-19,21-25,32-34,42,44-48,59H,12-13,20,26-31,56-57H2,1-7H3,(H2,58,65)(H,60,67)(H,61,66)(H,62,70)(H,63,69)(H,64,68)/t42-,44-,45-,46-,47+,48+/m0/s1. The summed E-state index contributed by atoms with van der Waals surface area (Å²) in [5, 5.41) is 17.2. The van der Waals surface area contributed by atoms with Crippen molar-refractivity contribution >= 4 is 57.1 Å². The lowest BCUT2D eigenvalue weighted by Gasteiger charge is -2.28. The zero-order chi connectivity index (χ0) is 51.1. The molecule has 6 atom stereocenters. The highest BCUT2D eigenvalue weighted by Gasteiger charge is 2.34. The molecule has 0 bridgehead atoms. The minimum absolute atomic E-state index is 0.0115. The number of hydrogen-bond donors (Lipinski definition) is 9. The maximum absolute atomic E-state index is 15.0. The van der Waals surface area contributed by atoms with Crippen molar-refractivity contribution in [1.82, 2.24) is 31.6 Å². The summed E-state index contributed by atoms with van der Waals surface area (Å²) in [5.41, 5.74) is 21.8. The van der Waals surface area contributed by atoms with E-state index < -0.39 is 71.7 Å². The number of carbonyl (C=O) groups is 6. The number of nitrogens with two attached hydrogens (primary N) is 3. The van der Waals surface area contributed by atoms with Crippen LogP contribution in [-0.2, 0) is 53.4 Å². The Hall–Kier alpha value is -6.58. The Morgan fingerprint density at radius 3 is 1.66 bits per heavy atom. The third kappa shape index (κ3) is 15.7. The van der Waals surface area contributed by atoms with Gasteiger partial charge in [0.15, 0.2) is 0 Å². The summed E-state index contributed by atoms with van der Waals surface area (Å²) in [6, 6.07) is 22.3. The smallest absolute Gasteiger partial charge is 0.243 e. The van der Waals surface area contributed by atoms with E-state index >= 15 is 4.79 Å². The van der Waals surface area contributed by atoms with Crippen molar-refractivity contribution in [3.05, 3.63) is 119 Å². The minimum atomic E-state index is -1.25. The molecule has 0 saturated carbocycles. The fourth-order valence-electron chi connectivity index (χ4n) is 8.64. The first kappa shape index (κ1) is 54.4. The molecule has 6 amide bonds. The van der Waals surface area contributed by atoms with Gasteiger partial charge in [0.05, 0.1) is 6.04 Å². The summed E-state index contributed by atoms with van der Waals surface area (Å²) in [4.78, 5) is 87.8. The highest BCUT2D eigenvalue weighted by molar-refractivity contribution is 5.98. The van der Waals surface area contributed by atoms with Gasteiger partial charge in [-0.2, -0.15) is 0 Å². The average Bonchev–Trinajstić information content (AvgIpc) is 3.72. The van der Waals surface area contributed by atoms with Crippen molar-refractivity contribution in [2.45, 2.75) is 141 Å². The van der Waals surface area contributed by atoms with E-state index in [1.807, 2.05) is 119 Å². The SMILES string of the molecule is CC(C)C[C@H](NC(=O)[C@H](CC(C)C)NC(=O)[C@@H](Cc1c[nH]c2ccccc12)NC(=O)[C@H](Cc1ccc(C(C)(C)C)cc1)NC(=O)[C@@H](Cc1cccc2ccccc12)NC(=O)[C@@H](N)CCCCN)C(N)=O. The molecule has 0 aliphatic rings. The quantitative estimate of drug-likeness (QED) is 0.0355. The molecule has 70 heavy (non-hydrogen) atoms. The molecule has 0 saturated heterocycles. The number of fused-ring (bicyclic) bond motifs is 2. The number of hydrogen-bond acceptors (Lipinski definition) is 8. The summed E-state index contributed by atoms with van der Waals surface area (Å²) < 4.78 is 0. The summed E-state index contributed by atoms with van der Waals surface area (Å²) in [5.74, 6) is -3.73. The van der Waals surface area contributed by atoms with Gasteiger partial charge in [-0.25, -0.2) is 0 Å². The van der Waals surface area contributed by atoms with Crippen LogP contribution in [0.2, 0.25) is 0 Å². The molecule has 5 rings (SSSR count). The summed E-state index contributed by atoms with van der Waals surface area (Å²) in [6.07, 6.45) is 4.11. The molecule has 0 aliphatic heterocycles. The maximum atomic E-state index is 15.0. The van der Waals surface area contributed by atoms with Crippen LogP contribution in [0.3, 0.4) is 0 Å². The number of aromatic amines is 1. The molecule has 0 fully saturated rings. The summed E-state index contributed by atoms with van der Waals surface area (Å²) in [7, 11) is 0. The third-order valence-corrected chi connectivity index (χ3v) is 12.6. The fraction of sp³-hybridized carbons (Fsp3) is 0.455. The molecule has 376 valence electrons. The van der Waals surface area contributed by atoms with Crippen LogP contribution in [0.5, 0.6) is 0 Å². The van der Waals surface area contributed by atoms with Crippen LogP contribution in [0.4, 0.5) is 0 Å². The molecular weight excluding hydrogens is 883 g/mol. The molecule has 15 heteroatoms. The summed E-state index contributed by atoms with van der Waals surface area (Å²) >= 11 is 0. The zero-order valence-corrected chi connectivity index (χ0v) is 41.9.